The van der Waals surface area contributed by atoms with Crippen LogP contribution in [0.25, 0.3) is 0 Å². The van der Waals surface area contributed by atoms with E-state index < -0.39 is 30.2 Å². The number of benzene rings is 1. The van der Waals surface area contributed by atoms with Crippen molar-refractivity contribution in [2.24, 2.45) is 0 Å². The van der Waals surface area contributed by atoms with Crippen LogP contribution in [-0.4, -0.2) is 31.0 Å². The first-order chi connectivity index (χ1) is 12.4. The number of rotatable bonds is 5. The highest BCUT2D eigenvalue weighted by molar-refractivity contribution is 6.34. The van der Waals surface area contributed by atoms with E-state index in [0.717, 1.165) is 29.9 Å². The molecule has 0 N–H and O–H groups in total. The Morgan fingerprint density at radius 2 is 1.81 bits per heavy atom. The number of ether oxygens (including phenoxy) is 2. The van der Waals surface area contributed by atoms with Gasteiger partial charge in [-0.2, -0.15) is 0 Å². The number of amides is 2. The number of imide groups is 1. The summed E-state index contributed by atoms with van der Waals surface area (Å²) in [5.74, 6) is -2.47. The van der Waals surface area contributed by atoms with Crippen molar-refractivity contribution >= 4 is 35.1 Å². The number of carbonyl (C=O) groups is 3. The van der Waals surface area contributed by atoms with Crippen LogP contribution in [0.4, 0.5) is 10.1 Å². The fraction of sp³-hybridized carbons (Fsp3) is 0.389. The molecule has 1 aliphatic heterocycles. The highest BCUT2D eigenvalue weighted by Crippen LogP contribution is 2.39. The number of nitrogens with zero attached hydrogens (tertiary/aromatic N) is 1. The molecule has 6 nitrogen and oxygen atoms in total. The topological polar surface area (TPSA) is 72.9 Å². The lowest BCUT2D eigenvalue weighted by Crippen LogP contribution is -2.32. The second kappa shape index (κ2) is 7.45. The van der Waals surface area contributed by atoms with Gasteiger partial charge in [0.15, 0.2) is 6.61 Å². The molecule has 1 aromatic carbocycles. The van der Waals surface area contributed by atoms with Gasteiger partial charge in [0.25, 0.3) is 11.8 Å². The van der Waals surface area contributed by atoms with E-state index >= 15 is 0 Å². The minimum absolute atomic E-state index is 0.0124. The van der Waals surface area contributed by atoms with Gasteiger partial charge in [0, 0.05) is 17.2 Å². The number of halogens is 2. The molecule has 0 spiro atoms. The number of carbonyl (C=O) groups excluding carboxylic acids is 3. The first kappa shape index (κ1) is 18.4. The third-order valence-electron chi connectivity index (χ3n) is 4.28. The number of anilines is 1. The Balaban J connectivity index is 1.88. The Labute approximate surface area is 154 Å². The fourth-order valence-electron chi connectivity index (χ4n) is 3.10. The molecule has 0 saturated heterocycles. The van der Waals surface area contributed by atoms with Crippen LogP contribution in [0.2, 0.25) is 5.02 Å². The van der Waals surface area contributed by atoms with E-state index in [2.05, 4.69) is 0 Å². The quantitative estimate of drug-likeness (QED) is 0.578. The first-order valence-corrected chi connectivity index (χ1v) is 8.70. The minimum atomic E-state index is -0.819. The van der Waals surface area contributed by atoms with Gasteiger partial charge in [0.1, 0.15) is 11.6 Å². The molecule has 0 aromatic heterocycles. The SMILES string of the molecule is CCOC(=O)COc1cc(N2C(=O)C3=C(CCCC3)C2=O)c(F)cc1Cl. The summed E-state index contributed by atoms with van der Waals surface area (Å²) < 4.78 is 24.4. The van der Waals surface area contributed by atoms with Crippen LogP contribution in [0, 0.1) is 5.82 Å². The Bertz CT molecular complexity index is 792. The lowest BCUT2D eigenvalue weighted by atomic mass is 9.93. The van der Waals surface area contributed by atoms with Crippen LogP contribution in [0.1, 0.15) is 32.6 Å². The normalized spacial score (nSPS) is 16.8. The minimum Gasteiger partial charge on any atom is -0.480 e. The maximum Gasteiger partial charge on any atom is 0.344 e. The zero-order chi connectivity index (χ0) is 18.8. The van der Waals surface area contributed by atoms with Crippen LogP contribution in [0.15, 0.2) is 23.3 Å². The molecule has 1 aliphatic carbocycles. The third kappa shape index (κ3) is 3.31. The summed E-state index contributed by atoms with van der Waals surface area (Å²) in [6.07, 6.45) is 2.67. The van der Waals surface area contributed by atoms with Gasteiger partial charge in [0.05, 0.1) is 17.3 Å². The molecular weight excluding hydrogens is 365 g/mol. The number of esters is 1. The maximum atomic E-state index is 14.4. The van der Waals surface area contributed by atoms with E-state index in [0.29, 0.717) is 24.0 Å². The maximum absolute atomic E-state index is 14.4. The zero-order valence-electron chi connectivity index (χ0n) is 14.1. The second-order valence-corrected chi connectivity index (χ2v) is 6.34. The lowest BCUT2D eigenvalue weighted by Gasteiger charge is -2.18. The van der Waals surface area contributed by atoms with Gasteiger partial charge in [-0.1, -0.05) is 11.6 Å². The van der Waals surface area contributed by atoms with Crippen molar-refractivity contribution in [2.75, 3.05) is 18.1 Å². The molecule has 2 amide bonds. The average Bonchev–Trinajstić information content (AvgIpc) is 2.86. The Hall–Kier alpha value is -2.41. The lowest BCUT2D eigenvalue weighted by molar-refractivity contribution is -0.145. The molecule has 8 heteroatoms. The summed E-state index contributed by atoms with van der Waals surface area (Å²) in [4.78, 5) is 37.4. The second-order valence-electron chi connectivity index (χ2n) is 5.94. The molecule has 0 bridgehead atoms. The average molecular weight is 382 g/mol. The van der Waals surface area contributed by atoms with E-state index in [9.17, 15) is 18.8 Å². The molecule has 26 heavy (non-hydrogen) atoms. The van der Waals surface area contributed by atoms with Crippen LogP contribution < -0.4 is 9.64 Å². The summed E-state index contributed by atoms with van der Waals surface area (Å²) in [5.41, 5.74) is 0.659. The monoisotopic (exact) mass is 381 g/mol. The molecule has 138 valence electrons. The van der Waals surface area contributed by atoms with Gasteiger partial charge >= 0.3 is 5.97 Å². The van der Waals surface area contributed by atoms with Gasteiger partial charge in [-0.15, -0.1) is 0 Å². The summed E-state index contributed by atoms with van der Waals surface area (Å²) in [5, 5.41) is -0.0765. The van der Waals surface area contributed by atoms with Crippen molar-refractivity contribution in [1.82, 2.24) is 0 Å². The third-order valence-corrected chi connectivity index (χ3v) is 4.58. The summed E-state index contributed by atoms with van der Waals surface area (Å²) in [6.45, 7) is 1.42. The predicted octanol–water partition coefficient (Wildman–Crippen LogP) is 3.16. The van der Waals surface area contributed by atoms with Crippen molar-refractivity contribution in [3.8, 4) is 5.75 Å². The highest BCUT2D eigenvalue weighted by Gasteiger charge is 2.41. The van der Waals surface area contributed by atoms with Gasteiger partial charge in [-0.25, -0.2) is 14.1 Å². The molecule has 0 atom stereocenters. The van der Waals surface area contributed by atoms with Crippen molar-refractivity contribution in [2.45, 2.75) is 32.6 Å². The molecule has 3 rings (SSSR count). The molecule has 0 fully saturated rings. The largest absolute Gasteiger partial charge is 0.480 e. The highest BCUT2D eigenvalue weighted by atomic mass is 35.5. The Morgan fingerprint density at radius 1 is 1.19 bits per heavy atom. The molecule has 1 heterocycles. The van der Waals surface area contributed by atoms with Crippen molar-refractivity contribution < 1.29 is 28.2 Å². The summed E-state index contributed by atoms with van der Waals surface area (Å²) in [6, 6.07) is 2.11. The van der Waals surface area contributed by atoms with Crippen LogP contribution >= 0.6 is 11.6 Å². The van der Waals surface area contributed by atoms with E-state index in [1.54, 1.807) is 6.92 Å². The predicted molar refractivity (Wildman–Crippen MR) is 91.5 cm³/mol. The molecule has 0 unspecified atom stereocenters. The van der Waals surface area contributed by atoms with Crippen molar-refractivity contribution in [3.05, 3.63) is 34.1 Å². The van der Waals surface area contributed by atoms with Crippen LogP contribution in [-0.2, 0) is 19.1 Å². The first-order valence-electron chi connectivity index (χ1n) is 8.32. The number of hydrogen-bond donors (Lipinski definition) is 0. The van der Waals surface area contributed by atoms with E-state index in [-0.39, 0.29) is 23.1 Å². The van der Waals surface area contributed by atoms with Gasteiger partial charge in [0.2, 0.25) is 0 Å². The van der Waals surface area contributed by atoms with E-state index in [1.165, 1.54) is 0 Å². The van der Waals surface area contributed by atoms with Crippen molar-refractivity contribution in [3.63, 3.8) is 0 Å². The fourth-order valence-corrected chi connectivity index (χ4v) is 3.30. The summed E-state index contributed by atoms with van der Waals surface area (Å²) in [7, 11) is 0. The molecule has 0 radical (unpaired) electrons. The van der Waals surface area contributed by atoms with Crippen LogP contribution in [0.5, 0.6) is 5.75 Å². The van der Waals surface area contributed by atoms with E-state index in [4.69, 9.17) is 21.1 Å². The zero-order valence-corrected chi connectivity index (χ0v) is 14.9. The summed E-state index contributed by atoms with van der Waals surface area (Å²) >= 11 is 5.95. The Kier molecular flexibility index (Phi) is 5.27. The number of hydrogen-bond acceptors (Lipinski definition) is 5. The smallest absolute Gasteiger partial charge is 0.344 e. The standard InChI is InChI=1S/C18H17ClFNO5/c1-2-25-16(22)9-26-15-8-14(13(20)7-12(15)19)21-17(23)10-5-3-4-6-11(10)18(21)24/h7-8H,2-6,9H2,1H3. The Morgan fingerprint density at radius 3 is 2.38 bits per heavy atom. The van der Waals surface area contributed by atoms with Crippen LogP contribution in [0.3, 0.4) is 0 Å². The van der Waals surface area contributed by atoms with Gasteiger partial charge in [-0.3, -0.25) is 9.59 Å². The van der Waals surface area contributed by atoms with Gasteiger partial charge < -0.3 is 9.47 Å². The van der Waals surface area contributed by atoms with Gasteiger partial charge in [-0.05, 0) is 38.7 Å². The molecule has 0 saturated carbocycles. The molecule has 1 aromatic rings. The van der Waals surface area contributed by atoms with Crippen molar-refractivity contribution in [1.29, 1.82) is 0 Å². The molecule has 2 aliphatic rings. The van der Waals surface area contributed by atoms with E-state index in [1.807, 2.05) is 0 Å². The molecular formula is C18H17ClFNO5.